The smallest absolute Gasteiger partial charge is 0.243 e. The van der Waals surface area contributed by atoms with E-state index in [1.54, 1.807) is 7.05 Å². The van der Waals surface area contributed by atoms with Crippen molar-refractivity contribution in [3.63, 3.8) is 0 Å². The van der Waals surface area contributed by atoms with Gasteiger partial charge in [-0.15, -0.1) is 0 Å². The lowest BCUT2D eigenvalue weighted by molar-refractivity contribution is -0.129. The number of amides is 2. The van der Waals surface area contributed by atoms with Crippen LogP contribution >= 0.6 is 0 Å². The zero-order chi connectivity index (χ0) is 15.4. The third-order valence-electron chi connectivity index (χ3n) is 3.67. The number of para-hydroxylation sites is 1. The molecule has 2 amide bonds. The second-order valence-electron chi connectivity index (χ2n) is 5.86. The molecule has 5 nitrogen and oxygen atoms in total. The molecule has 0 radical (unpaired) electrons. The van der Waals surface area contributed by atoms with Gasteiger partial charge < -0.3 is 16.0 Å². The molecule has 0 spiro atoms. The molecule has 0 aliphatic carbocycles. The van der Waals surface area contributed by atoms with Crippen molar-refractivity contribution in [2.75, 3.05) is 12.4 Å². The van der Waals surface area contributed by atoms with Crippen LogP contribution in [0, 0.1) is 5.92 Å². The van der Waals surface area contributed by atoms with E-state index in [1.165, 1.54) is 0 Å². The van der Waals surface area contributed by atoms with Crippen molar-refractivity contribution in [2.24, 2.45) is 5.92 Å². The van der Waals surface area contributed by atoms with Crippen molar-refractivity contribution in [1.82, 2.24) is 10.6 Å². The van der Waals surface area contributed by atoms with Gasteiger partial charge in [-0.25, -0.2) is 0 Å². The zero-order valence-corrected chi connectivity index (χ0v) is 12.8. The summed E-state index contributed by atoms with van der Waals surface area (Å²) in [5, 5.41) is 8.68. The highest BCUT2D eigenvalue weighted by Crippen LogP contribution is 2.25. The quantitative estimate of drug-likeness (QED) is 0.765. The molecule has 1 aliphatic rings. The standard InChI is InChI=1S/C16H23N3O2/c1-10(2)8-13(15(20)17-3)19-16(21)14-9-11-6-4-5-7-12(11)18-14/h4-7,10,13-14,18H,8-9H2,1-3H3,(H,17,20)(H,19,21)/t13?,14-/m0/s1. The topological polar surface area (TPSA) is 70.2 Å². The summed E-state index contributed by atoms with van der Waals surface area (Å²) < 4.78 is 0. The van der Waals surface area contributed by atoms with Crippen LogP contribution in [0.1, 0.15) is 25.8 Å². The molecule has 0 saturated heterocycles. The van der Waals surface area contributed by atoms with Gasteiger partial charge >= 0.3 is 0 Å². The van der Waals surface area contributed by atoms with Crippen molar-refractivity contribution in [2.45, 2.75) is 38.8 Å². The molecular weight excluding hydrogens is 266 g/mol. The summed E-state index contributed by atoms with van der Waals surface area (Å²) in [4.78, 5) is 24.2. The van der Waals surface area contributed by atoms with Gasteiger partial charge in [-0.1, -0.05) is 32.0 Å². The van der Waals surface area contributed by atoms with Crippen LogP contribution in [0.5, 0.6) is 0 Å². The lowest BCUT2D eigenvalue weighted by atomic mass is 10.0. The first kappa shape index (κ1) is 15.4. The van der Waals surface area contributed by atoms with E-state index in [0.717, 1.165) is 11.3 Å². The van der Waals surface area contributed by atoms with Crippen LogP contribution in [0.3, 0.4) is 0 Å². The van der Waals surface area contributed by atoms with Crippen molar-refractivity contribution in [3.05, 3.63) is 29.8 Å². The van der Waals surface area contributed by atoms with Crippen LogP contribution in [0.15, 0.2) is 24.3 Å². The number of benzene rings is 1. The molecule has 0 aromatic heterocycles. The number of nitrogens with one attached hydrogen (secondary N) is 3. The summed E-state index contributed by atoms with van der Waals surface area (Å²) in [5.74, 6) is 0.0642. The molecule has 114 valence electrons. The molecule has 1 aromatic rings. The Morgan fingerprint density at radius 3 is 2.67 bits per heavy atom. The Balaban J connectivity index is 1.99. The van der Waals surface area contributed by atoms with Crippen LogP contribution in [-0.4, -0.2) is 30.9 Å². The Hall–Kier alpha value is -2.04. The van der Waals surface area contributed by atoms with Gasteiger partial charge in [0.1, 0.15) is 12.1 Å². The minimum absolute atomic E-state index is 0.125. The van der Waals surface area contributed by atoms with E-state index in [1.807, 2.05) is 38.1 Å². The highest BCUT2D eigenvalue weighted by Gasteiger charge is 2.29. The Kier molecular flexibility index (Phi) is 4.83. The number of hydrogen-bond acceptors (Lipinski definition) is 3. The molecule has 2 atom stereocenters. The molecule has 1 aromatic carbocycles. The third kappa shape index (κ3) is 3.74. The summed E-state index contributed by atoms with van der Waals surface area (Å²) in [6.07, 6.45) is 1.29. The SMILES string of the molecule is CNC(=O)C(CC(C)C)NC(=O)[C@@H]1Cc2ccccc2N1. The van der Waals surface area contributed by atoms with Gasteiger partial charge in [0.05, 0.1) is 0 Å². The molecule has 3 N–H and O–H groups in total. The Morgan fingerprint density at radius 1 is 1.33 bits per heavy atom. The van der Waals surface area contributed by atoms with Crippen molar-refractivity contribution in [3.8, 4) is 0 Å². The Bertz CT molecular complexity index is 503. The van der Waals surface area contributed by atoms with Gasteiger partial charge in [-0.05, 0) is 24.0 Å². The van der Waals surface area contributed by atoms with Crippen molar-refractivity contribution in [1.29, 1.82) is 0 Å². The highest BCUT2D eigenvalue weighted by molar-refractivity contribution is 5.92. The van der Waals surface area contributed by atoms with Crippen LogP contribution in [0.25, 0.3) is 0 Å². The first-order chi connectivity index (χ1) is 10.0. The maximum Gasteiger partial charge on any atom is 0.243 e. The minimum atomic E-state index is -0.479. The number of anilines is 1. The molecule has 0 bridgehead atoms. The molecule has 1 heterocycles. The summed E-state index contributed by atoms with van der Waals surface area (Å²) >= 11 is 0. The monoisotopic (exact) mass is 289 g/mol. The van der Waals surface area contributed by atoms with Gasteiger partial charge in [-0.2, -0.15) is 0 Å². The van der Waals surface area contributed by atoms with E-state index >= 15 is 0 Å². The highest BCUT2D eigenvalue weighted by atomic mass is 16.2. The molecule has 0 saturated carbocycles. The number of carbonyl (C=O) groups is 2. The maximum absolute atomic E-state index is 12.4. The van der Waals surface area contributed by atoms with Crippen molar-refractivity contribution < 1.29 is 9.59 Å². The van der Waals surface area contributed by atoms with E-state index in [9.17, 15) is 9.59 Å². The maximum atomic E-state index is 12.4. The number of rotatable bonds is 5. The van der Waals surface area contributed by atoms with E-state index in [2.05, 4.69) is 16.0 Å². The van der Waals surface area contributed by atoms with Gasteiger partial charge in [0.25, 0.3) is 0 Å². The van der Waals surface area contributed by atoms with Crippen LogP contribution in [0.4, 0.5) is 5.69 Å². The normalized spacial score (nSPS) is 17.8. The van der Waals surface area contributed by atoms with Crippen LogP contribution < -0.4 is 16.0 Å². The molecule has 1 unspecified atom stereocenters. The fourth-order valence-electron chi connectivity index (χ4n) is 2.61. The second kappa shape index (κ2) is 6.61. The minimum Gasteiger partial charge on any atom is -0.373 e. The molecule has 21 heavy (non-hydrogen) atoms. The second-order valence-corrected chi connectivity index (χ2v) is 5.86. The number of fused-ring (bicyclic) bond motifs is 1. The molecule has 5 heteroatoms. The number of likely N-dealkylation sites (N-methyl/N-ethyl adjacent to an activating group) is 1. The fraction of sp³-hybridized carbons (Fsp3) is 0.500. The van der Waals surface area contributed by atoms with Crippen LogP contribution in [-0.2, 0) is 16.0 Å². The van der Waals surface area contributed by atoms with Gasteiger partial charge in [0.2, 0.25) is 11.8 Å². The first-order valence-corrected chi connectivity index (χ1v) is 7.37. The lowest BCUT2D eigenvalue weighted by Gasteiger charge is -2.21. The van der Waals surface area contributed by atoms with Gasteiger partial charge in [-0.3, -0.25) is 9.59 Å². The summed E-state index contributed by atoms with van der Waals surface area (Å²) in [7, 11) is 1.59. The predicted molar refractivity (Wildman–Crippen MR) is 83.0 cm³/mol. The molecular formula is C16H23N3O2. The molecule has 0 fully saturated rings. The molecule has 2 rings (SSSR count). The lowest BCUT2D eigenvalue weighted by Crippen LogP contribution is -2.50. The summed E-state index contributed by atoms with van der Waals surface area (Å²) in [5.41, 5.74) is 2.14. The predicted octanol–water partition coefficient (Wildman–Crippen LogP) is 1.30. The van der Waals surface area contributed by atoms with E-state index in [4.69, 9.17) is 0 Å². The average molecular weight is 289 g/mol. The first-order valence-electron chi connectivity index (χ1n) is 7.37. The summed E-state index contributed by atoms with van der Waals surface area (Å²) in [6.45, 7) is 4.07. The fourth-order valence-corrected chi connectivity index (χ4v) is 2.61. The Labute approximate surface area is 125 Å². The summed E-state index contributed by atoms with van der Waals surface area (Å²) in [6, 6.07) is 7.10. The van der Waals surface area contributed by atoms with E-state index in [-0.39, 0.29) is 17.9 Å². The van der Waals surface area contributed by atoms with Crippen LogP contribution in [0.2, 0.25) is 0 Å². The molecule has 1 aliphatic heterocycles. The Morgan fingerprint density at radius 2 is 2.05 bits per heavy atom. The van der Waals surface area contributed by atoms with Crippen molar-refractivity contribution >= 4 is 17.5 Å². The number of hydrogen-bond donors (Lipinski definition) is 3. The zero-order valence-electron chi connectivity index (χ0n) is 12.8. The number of carbonyl (C=O) groups excluding carboxylic acids is 2. The van der Waals surface area contributed by atoms with E-state index in [0.29, 0.717) is 18.8 Å². The van der Waals surface area contributed by atoms with Gasteiger partial charge in [0.15, 0.2) is 0 Å². The van der Waals surface area contributed by atoms with E-state index < -0.39 is 6.04 Å². The third-order valence-corrected chi connectivity index (χ3v) is 3.67. The average Bonchev–Trinajstić information content (AvgIpc) is 2.89. The van der Waals surface area contributed by atoms with Gasteiger partial charge in [0, 0.05) is 19.2 Å². The largest absolute Gasteiger partial charge is 0.373 e.